The van der Waals surface area contributed by atoms with E-state index >= 15 is 0 Å². The molecule has 41 heavy (non-hydrogen) atoms. The zero-order valence-electron chi connectivity index (χ0n) is 23.2. The predicted octanol–water partition coefficient (Wildman–Crippen LogP) is 5.15. The third kappa shape index (κ3) is 7.25. The van der Waals surface area contributed by atoms with Crippen LogP contribution < -0.4 is 24.1 Å². The molecule has 5 rings (SSSR count). The summed E-state index contributed by atoms with van der Waals surface area (Å²) in [7, 11) is -2.62. The molecule has 0 saturated carbocycles. The second-order valence-electron chi connectivity index (χ2n) is 10.1. The monoisotopic (exact) mass is 643 g/mol. The van der Waals surface area contributed by atoms with Gasteiger partial charge in [-0.1, -0.05) is 17.7 Å². The second-order valence-corrected chi connectivity index (χ2v) is 12.5. The Morgan fingerprint density at radius 1 is 0.902 bits per heavy atom. The van der Waals surface area contributed by atoms with E-state index in [1.807, 2.05) is 6.92 Å². The molecule has 218 valence electrons. The van der Waals surface area contributed by atoms with Crippen molar-refractivity contribution in [3.05, 3.63) is 52.0 Å². The van der Waals surface area contributed by atoms with Gasteiger partial charge in [0.1, 0.15) is 4.90 Å². The summed E-state index contributed by atoms with van der Waals surface area (Å²) in [5.41, 5.74) is 4.55. The van der Waals surface area contributed by atoms with Gasteiger partial charge in [0.05, 0.1) is 17.8 Å². The minimum atomic E-state index is -4.06. The Morgan fingerprint density at radius 3 is 2.05 bits per heavy atom. The molecule has 0 bridgehead atoms. The topological polar surface area (TPSA) is 122 Å². The number of nitrogens with zero attached hydrogens (tertiary/aromatic N) is 6. The molecule has 0 atom stereocenters. The van der Waals surface area contributed by atoms with Crippen molar-refractivity contribution in [1.82, 2.24) is 15.0 Å². The summed E-state index contributed by atoms with van der Waals surface area (Å²) in [5, 5.41) is 4.36. The molecule has 3 heterocycles. The maximum absolute atomic E-state index is 12.9. The normalized spacial score (nSPS) is 16.2. The lowest BCUT2D eigenvalue weighted by molar-refractivity contribution is 0.389. The van der Waals surface area contributed by atoms with Crippen LogP contribution in [0.4, 0.5) is 17.8 Å². The van der Waals surface area contributed by atoms with Gasteiger partial charge >= 0.3 is 10.1 Å². The Bertz CT molecular complexity index is 1450. The van der Waals surface area contributed by atoms with E-state index in [2.05, 4.69) is 46.2 Å². The van der Waals surface area contributed by atoms with Crippen molar-refractivity contribution in [3.8, 4) is 11.5 Å². The fourth-order valence-corrected chi connectivity index (χ4v) is 6.40. The van der Waals surface area contributed by atoms with Crippen LogP contribution in [0.15, 0.2) is 50.9 Å². The largest absolute Gasteiger partial charge is 0.493 e. The number of hydrazone groups is 1. The van der Waals surface area contributed by atoms with Crippen LogP contribution in [-0.4, -0.2) is 62.9 Å². The molecule has 0 radical (unpaired) electrons. The highest BCUT2D eigenvalue weighted by molar-refractivity contribution is 9.10. The van der Waals surface area contributed by atoms with Crippen LogP contribution in [-0.2, 0) is 10.1 Å². The molecular weight excluding hydrogens is 610 g/mol. The molecule has 11 nitrogen and oxygen atoms in total. The lowest BCUT2D eigenvalue weighted by atomic mass is 10.1. The highest BCUT2D eigenvalue weighted by Crippen LogP contribution is 2.38. The van der Waals surface area contributed by atoms with E-state index in [0.717, 1.165) is 57.4 Å². The fraction of sp³-hybridized carbons (Fsp3) is 0.429. The number of anilines is 3. The lowest BCUT2D eigenvalue weighted by Gasteiger charge is -2.30. The van der Waals surface area contributed by atoms with Crippen molar-refractivity contribution in [3.63, 3.8) is 0 Å². The molecule has 2 aromatic carbocycles. The molecule has 0 aliphatic carbocycles. The highest BCUT2D eigenvalue weighted by atomic mass is 79.9. The summed E-state index contributed by atoms with van der Waals surface area (Å²) >= 11 is 3.42. The van der Waals surface area contributed by atoms with Crippen LogP contribution in [0.3, 0.4) is 0 Å². The average Bonchev–Trinajstić information content (AvgIpc) is 2.99. The number of halogens is 1. The SMILES string of the molecule is COc1cc(/C=N\Nc2nc(N3CCCCC3)nc(N3CCCCC3)n2)cc(Br)c1OS(=O)(=O)c1ccc(C)cc1. The number of aryl methyl sites for hydroxylation is 1. The van der Waals surface area contributed by atoms with Gasteiger partial charge < -0.3 is 18.7 Å². The third-order valence-corrected chi connectivity index (χ3v) is 8.85. The van der Waals surface area contributed by atoms with E-state index in [4.69, 9.17) is 13.9 Å². The summed E-state index contributed by atoms with van der Waals surface area (Å²) in [4.78, 5) is 18.6. The van der Waals surface area contributed by atoms with Gasteiger partial charge in [0, 0.05) is 26.2 Å². The molecule has 0 amide bonds. The Kier molecular flexibility index (Phi) is 9.23. The molecule has 0 unspecified atom stereocenters. The lowest BCUT2D eigenvalue weighted by Crippen LogP contribution is -2.34. The van der Waals surface area contributed by atoms with Gasteiger partial charge in [0.2, 0.25) is 17.8 Å². The number of aromatic nitrogens is 3. The molecule has 1 N–H and O–H groups in total. The minimum absolute atomic E-state index is 0.0491. The Morgan fingerprint density at radius 2 is 1.49 bits per heavy atom. The predicted molar refractivity (Wildman–Crippen MR) is 163 cm³/mol. The fourth-order valence-electron chi connectivity index (χ4n) is 4.80. The molecule has 1 aromatic heterocycles. The average molecular weight is 645 g/mol. The molecular formula is C28H34BrN7O4S. The van der Waals surface area contributed by atoms with Crippen molar-refractivity contribution in [2.75, 3.05) is 48.5 Å². The molecule has 13 heteroatoms. The van der Waals surface area contributed by atoms with E-state index in [1.54, 1.807) is 30.5 Å². The van der Waals surface area contributed by atoms with Crippen LogP contribution in [0.5, 0.6) is 11.5 Å². The minimum Gasteiger partial charge on any atom is -0.493 e. The van der Waals surface area contributed by atoms with Gasteiger partial charge in [0.25, 0.3) is 0 Å². The van der Waals surface area contributed by atoms with Crippen molar-refractivity contribution in [1.29, 1.82) is 0 Å². The number of methoxy groups -OCH3 is 1. The first-order chi connectivity index (χ1) is 19.8. The summed E-state index contributed by atoms with van der Waals surface area (Å²) < 4.78 is 37.0. The van der Waals surface area contributed by atoms with Crippen molar-refractivity contribution < 1.29 is 17.3 Å². The van der Waals surface area contributed by atoms with E-state index < -0.39 is 10.1 Å². The van der Waals surface area contributed by atoms with Gasteiger partial charge in [-0.2, -0.15) is 28.5 Å². The zero-order valence-corrected chi connectivity index (χ0v) is 25.6. The van der Waals surface area contributed by atoms with Crippen molar-refractivity contribution in [2.45, 2.75) is 50.3 Å². The molecule has 2 saturated heterocycles. The smallest absolute Gasteiger partial charge is 0.339 e. The van der Waals surface area contributed by atoms with Gasteiger partial charge in [-0.05, 0) is 91.2 Å². The van der Waals surface area contributed by atoms with Crippen LogP contribution in [0.1, 0.15) is 49.7 Å². The van der Waals surface area contributed by atoms with Crippen LogP contribution in [0.2, 0.25) is 0 Å². The van der Waals surface area contributed by atoms with Crippen LogP contribution in [0.25, 0.3) is 0 Å². The molecule has 0 spiro atoms. The van der Waals surface area contributed by atoms with Crippen LogP contribution in [0, 0.1) is 6.92 Å². The highest BCUT2D eigenvalue weighted by Gasteiger charge is 2.23. The number of hydrogen-bond donors (Lipinski definition) is 1. The second kappa shape index (κ2) is 13.0. The van der Waals surface area contributed by atoms with Crippen LogP contribution >= 0.6 is 15.9 Å². The Labute approximate surface area is 249 Å². The Hall–Kier alpha value is -3.45. The van der Waals surface area contributed by atoms with Crippen molar-refractivity contribution >= 4 is 50.1 Å². The number of ether oxygens (including phenoxy) is 1. The first kappa shape index (κ1) is 29.1. The zero-order chi connectivity index (χ0) is 28.8. The van der Waals surface area contributed by atoms with Crippen molar-refractivity contribution in [2.24, 2.45) is 5.10 Å². The molecule has 2 fully saturated rings. The third-order valence-electron chi connectivity index (χ3n) is 7.02. The number of nitrogens with one attached hydrogen (secondary N) is 1. The first-order valence-corrected chi connectivity index (χ1v) is 16.0. The molecule has 2 aliphatic heterocycles. The maximum Gasteiger partial charge on any atom is 0.339 e. The summed E-state index contributed by atoms with van der Waals surface area (Å²) in [5.74, 6) is 1.98. The summed E-state index contributed by atoms with van der Waals surface area (Å²) in [6.07, 6.45) is 8.50. The molecule has 3 aromatic rings. The van der Waals surface area contributed by atoms with E-state index in [-0.39, 0.29) is 16.4 Å². The quantitative estimate of drug-likeness (QED) is 0.190. The van der Waals surface area contributed by atoms with Gasteiger partial charge in [-0.3, -0.25) is 0 Å². The van der Waals surface area contributed by atoms with Gasteiger partial charge in [-0.25, -0.2) is 5.43 Å². The number of hydrogen-bond acceptors (Lipinski definition) is 11. The van der Waals surface area contributed by atoms with Gasteiger partial charge in [-0.15, -0.1) is 0 Å². The maximum atomic E-state index is 12.9. The standard InChI is InChI=1S/C28H34BrN7O4S/c1-20-9-11-22(12-10-20)41(37,38)40-25-23(29)17-21(18-24(25)39-2)19-30-34-26-31-27(35-13-5-3-6-14-35)33-28(32-26)36-15-7-4-8-16-36/h9-12,17-19H,3-8,13-16H2,1-2H3,(H,31,32,33,34)/b30-19-. The molecule has 2 aliphatic rings. The summed E-state index contributed by atoms with van der Waals surface area (Å²) in [6.45, 7) is 5.58. The number of piperidine rings is 2. The summed E-state index contributed by atoms with van der Waals surface area (Å²) in [6, 6.07) is 9.78. The van der Waals surface area contributed by atoms with E-state index in [9.17, 15) is 8.42 Å². The van der Waals surface area contributed by atoms with Gasteiger partial charge in [0.15, 0.2) is 11.5 Å². The van der Waals surface area contributed by atoms with E-state index in [1.165, 1.54) is 32.1 Å². The number of rotatable bonds is 9. The first-order valence-electron chi connectivity index (χ1n) is 13.8. The number of benzene rings is 2. The Balaban J connectivity index is 1.35. The van der Waals surface area contributed by atoms with E-state index in [0.29, 0.717) is 27.9 Å².